The van der Waals surface area contributed by atoms with Gasteiger partial charge in [-0.3, -0.25) is 4.79 Å². The fourth-order valence-electron chi connectivity index (χ4n) is 1.91. The molecule has 0 heterocycles. The average Bonchev–Trinajstić information content (AvgIpc) is 3.28. The van der Waals surface area contributed by atoms with Crippen LogP contribution in [0.15, 0.2) is 24.3 Å². The molecule has 0 aromatic heterocycles. The third kappa shape index (κ3) is 4.69. The number of carbonyl (C=O) groups is 1. The Morgan fingerprint density at radius 2 is 2.14 bits per heavy atom. The van der Waals surface area contributed by atoms with Crippen molar-refractivity contribution in [2.45, 2.75) is 25.8 Å². The lowest BCUT2D eigenvalue weighted by Crippen LogP contribution is -2.45. The number of nitrogens with one attached hydrogen (secondary N) is 2. The van der Waals surface area contributed by atoms with Crippen LogP contribution >= 0.6 is 0 Å². The second-order valence-corrected chi connectivity index (χ2v) is 6.81. The fraction of sp³-hybridized carbons (Fsp3) is 0.500. The lowest BCUT2D eigenvalue weighted by molar-refractivity contribution is -0.116. The van der Waals surface area contributed by atoms with Gasteiger partial charge >= 0.3 is 0 Å². The van der Waals surface area contributed by atoms with E-state index in [1.54, 1.807) is 31.2 Å². The number of amides is 1. The maximum absolute atomic E-state index is 12.1. The van der Waals surface area contributed by atoms with Gasteiger partial charge in [-0.2, -0.15) is 17.4 Å². The van der Waals surface area contributed by atoms with Crippen molar-refractivity contribution >= 4 is 21.8 Å². The summed E-state index contributed by atoms with van der Waals surface area (Å²) in [5, 5.41) is 2.67. The van der Waals surface area contributed by atoms with Gasteiger partial charge in [-0.1, -0.05) is 13.0 Å². The molecular formula is C14H21N3O4S. The Balaban J connectivity index is 1.96. The van der Waals surface area contributed by atoms with Crippen molar-refractivity contribution in [1.29, 1.82) is 0 Å². The molecule has 1 aliphatic rings. The normalized spacial score (nSPS) is 14.9. The molecule has 0 spiro atoms. The smallest absolute Gasteiger partial charge is 0.280 e. The van der Waals surface area contributed by atoms with E-state index >= 15 is 0 Å². The molecule has 2 N–H and O–H groups in total. The van der Waals surface area contributed by atoms with Crippen molar-refractivity contribution in [3.63, 3.8) is 0 Å². The minimum absolute atomic E-state index is 0.0143. The van der Waals surface area contributed by atoms with Gasteiger partial charge in [0.1, 0.15) is 5.75 Å². The third-order valence-electron chi connectivity index (χ3n) is 3.26. The highest BCUT2D eigenvalue weighted by atomic mass is 32.2. The number of anilines is 1. The number of nitrogens with zero attached hydrogens (tertiary/aromatic N) is 1. The average molecular weight is 327 g/mol. The number of hydrogen-bond donors (Lipinski definition) is 2. The summed E-state index contributed by atoms with van der Waals surface area (Å²) < 4.78 is 33.0. The second-order valence-electron chi connectivity index (χ2n) is 5.10. The van der Waals surface area contributed by atoms with Crippen LogP contribution in [0.3, 0.4) is 0 Å². The Labute approximate surface area is 130 Å². The number of ether oxygens (including phenoxy) is 1. The van der Waals surface area contributed by atoms with Gasteiger partial charge in [0, 0.05) is 24.3 Å². The maximum atomic E-state index is 12.1. The molecule has 0 atom stereocenters. The van der Waals surface area contributed by atoms with Crippen LogP contribution in [-0.4, -0.2) is 44.9 Å². The summed E-state index contributed by atoms with van der Waals surface area (Å²) in [6.45, 7) is 1.70. The summed E-state index contributed by atoms with van der Waals surface area (Å²) in [6.07, 6.45) is 1.71. The van der Waals surface area contributed by atoms with Gasteiger partial charge < -0.3 is 10.1 Å². The Kier molecular flexibility index (Phi) is 5.38. The minimum atomic E-state index is -3.61. The zero-order chi connectivity index (χ0) is 16.2. The van der Waals surface area contributed by atoms with Crippen LogP contribution in [0.5, 0.6) is 5.75 Å². The fourth-order valence-corrected chi connectivity index (χ4v) is 3.35. The molecule has 0 aliphatic heterocycles. The predicted octanol–water partition coefficient (Wildman–Crippen LogP) is 0.952. The van der Waals surface area contributed by atoms with E-state index < -0.39 is 16.1 Å². The van der Waals surface area contributed by atoms with Gasteiger partial charge in [0.05, 0.1) is 13.7 Å². The van der Waals surface area contributed by atoms with Gasteiger partial charge in [-0.15, -0.1) is 0 Å². The number of methoxy groups -OCH3 is 1. The first-order valence-corrected chi connectivity index (χ1v) is 8.60. The highest BCUT2D eigenvalue weighted by Crippen LogP contribution is 2.21. The third-order valence-corrected chi connectivity index (χ3v) is 4.96. The Bertz CT molecular complexity index is 629. The van der Waals surface area contributed by atoms with Crippen LogP contribution in [0.1, 0.15) is 19.8 Å². The molecule has 1 aliphatic carbocycles. The van der Waals surface area contributed by atoms with Gasteiger partial charge in [0.15, 0.2) is 0 Å². The second kappa shape index (κ2) is 7.08. The van der Waals surface area contributed by atoms with E-state index in [2.05, 4.69) is 10.0 Å². The van der Waals surface area contributed by atoms with E-state index in [1.807, 2.05) is 0 Å². The van der Waals surface area contributed by atoms with Crippen molar-refractivity contribution in [2.75, 3.05) is 25.5 Å². The van der Waals surface area contributed by atoms with Crippen molar-refractivity contribution in [2.24, 2.45) is 0 Å². The molecule has 0 saturated heterocycles. The Hall–Kier alpha value is -1.64. The first-order valence-electron chi connectivity index (χ1n) is 7.16. The van der Waals surface area contributed by atoms with E-state index in [1.165, 1.54) is 7.11 Å². The van der Waals surface area contributed by atoms with Crippen LogP contribution in [0.4, 0.5) is 5.69 Å². The zero-order valence-corrected chi connectivity index (χ0v) is 13.5. The first-order chi connectivity index (χ1) is 10.4. The van der Waals surface area contributed by atoms with Crippen LogP contribution in [0, 0.1) is 0 Å². The summed E-state index contributed by atoms with van der Waals surface area (Å²) in [5.74, 6) is 0.226. The number of carbonyl (C=O) groups excluding carboxylic acids is 1. The van der Waals surface area contributed by atoms with Crippen LogP contribution in [-0.2, 0) is 15.0 Å². The maximum Gasteiger partial charge on any atom is 0.280 e. The van der Waals surface area contributed by atoms with E-state index in [-0.39, 0.29) is 19.1 Å². The van der Waals surface area contributed by atoms with Crippen LogP contribution in [0.25, 0.3) is 0 Å². The van der Waals surface area contributed by atoms with Crippen molar-refractivity contribution in [1.82, 2.24) is 9.03 Å². The molecule has 1 aromatic carbocycles. The van der Waals surface area contributed by atoms with Gasteiger partial charge in [0.2, 0.25) is 5.91 Å². The molecule has 1 amide bonds. The van der Waals surface area contributed by atoms with Crippen LogP contribution in [0.2, 0.25) is 0 Å². The summed E-state index contributed by atoms with van der Waals surface area (Å²) in [5.41, 5.74) is 0.563. The quantitative estimate of drug-likeness (QED) is 0.744. The monoisotopic (exact) mass is 327 g/mol. The molecule has 8 heteroatoms. The first kappa shape index (κ1) is 16.7. The number of benzene rings is 1. The Morgan fingerprint density at radius 1 is 1.41 bits per heavy atom. The molecule has 22 heavy (non-hydrogen) atoms. The molecule has 0 bridgehead atoms. The van der Waals surface area contributed by atoms with Gasteiger partial charge in [-0.25, -0.2) is 0 Å². The summed E-state index contributed by atoms with van der Waals surface area (Å²) in [4.78, 5) is 12.0. The lowest BCUT2D eigenvalue weighted by Gasteiger charge is -2.20. The van der Waals surface area contributed by atoms with Crippen molar-refractivity contribution in [3.8, 4) is 5.75 Å². The SMILES string of the molecule is CCN(CC(=O)Nc1cccc(OC)c1)S(=O)(=O)NC1CC1. The summed E-state index contributed by atoms with van der Waals surface area (Å²) >= 11 is 0. The highest BCUT2D eigenvalue weighted by molar-refractivity contribution is 7.87. The van der Waals surface area contributed by atoms with Gasteiger partial charge in [-0.05, 0) is 25.0 Å². The predicted molar refractivity (Wildman–Crippen MR) is 83.9 cm³/mol. The molecule has 0 unspecified atom stereocenters. The van der Waals surface area contributed by atoms with Crippen LogP contribution < -0.4 is 14.8 Å². The minimum Gasteiger partial charge on any atom is -0.497 e. The molecule has 2 rings (SSSR count). The Morgan fingerprint density at radius 3 is 2.73 bits per heavy atom. The highest BCUT2D eigenvalue weighted by Gasteiger charge is 2.31. The number of hydrogen-bond acceptors (Lipinski definition) is 4. The van der Waals surface area contributed by atoms with E-state index in [0.29, 0.717) is 11.4 Å². The molecule has 1 fully saturated rings. The summed E-state index contributed by atoms with van der Waals surface area (Å²) in [7, 11) is -2.07. The number of rotatable bonds is 8. The lowest BCUT2D eigenvalue weighted by atomic mass is 10.3. The topological polar surface area (TPSA) is 87.7 Å². The zero-order valence-electron chi connectivity index (χ0n) is 12.7. The van der Waals surface area contributed by atoms with Gasteiger partial charge in [0.25, 0.3) is 10.2 Å². The van der Waals surface area contributed by atoms with E-state index in [9.17, 15) is 13.2 Å². The molecule has 0 radical (unpaired) electrons. The van der Waals surface area contributed by atoms with E-state index in [4.69, 9.17) is 4.74 Å². The summed E-state index contributed by atoms with van der Waals surface area (Å²) in [6, 6.07) is 6.91. The molecule has 7 nitrogen and oxygen atoms in total. The molecule has 1 saturated carbocycles. The molecular weight excluding hydrogens is 306 g/mol. The largest absolute Gasteiger partial charge is 0.497 e. The van der Waals surface area contributed by atoms with Crippen molar-refractivity contribution < 1.29 is 17.9 Å². The molecule has 122 valence electrons. The number of likely N-dealkylation sites (N-methyl/N-ethyl adjacent to an activating group) is 1. The standard InChI is InChI=1S/C14H21N3O4S/c1-3-17(22(19,20)16-11-7-8-11)10-14(18)15-12-5-4-6-13(9-12)21-2/h4-6,9,11,16H,3,7-8,10H2,1-2H3,(H,15,18). The molecule has 1 aromatic rings. The van der Waals surface area contributed by atoms with Crippen molar-refractivity contribution in [3.05, 3.63) is 24.3 Å². The van der Waals surface area contributed by atoms with E-state index in [0.717, 1.165) is 17.1 Å².